The number of methoxy groups -OCH3 is 1. The first-order valence-electron chi connectivity index (χ1n) is 8.27. The van der Waals surface area contributed by atoms with Gasteiger partial charge >= 0.3 is 6.03 Å². The third kappa shape index (κ3) is 3.19. The van der Waals surface area contributed by atoms with Crippen LogP contribution >= 0.6 is 0 Å². The maximum Gasteiger partial charge on any atom is 0.317 e. The molecule has 1 aliphatic carbocycles. The van der Waals surface area contributed by atoms with Crippen molar-refractivity contribution < 1.29 is 14.3 Å². The fraction of sp³-hybridized carbons (Fsp3) is 0.938. The van der Waals surface area contributed by atoms with Gasteiger partial charge in [-0.15, -0.1) is 0 Å². The second kappa shape index (κ2) is 6.13. The first-order chi connectivity index (χ1) is 10.2. The van der Waals surface area contributed by atoms with Crippen LogP contribution in [-0.4, -0.2) is 57.5 Å². The molecule has 2 heterocycles. The average molecular weight is 296 g/mol. The van der Waals surface area contributed by atoms with Gasteiger partial charge in [0.15, 0.2) is 0 Å². The van der Waals surface area contributed by atoms with E-state index in [2.05, 4.69) is 5.32 Å². The van der Waals surface area contributed by atoms with Crippen LogP contribution < -0.4 is 5.32 Å². The Morgan fingerprint density at radius 2 is 2.19 bits per heavy atom. The van der Waals surface area contributed by atoms with Crippen LogP contribution in [0.2, 0.25) is 0 Å². The molecular weight excluding hydrogens is 268 g/mol. The van der Waals surface area contributed by atoms with E-state index >= 15 is 0 Å². The van der Waals surface area contributed by atoms with Gasteiger partial charge in [-0.1, -0.05) is 6.42 Å². The number of rotatable bonds is 5. The highest BCUT2D eigenvalue weighted by Gasteiger charge is 2.43. The van der Waals surface area contributed by atoms with Crippen LogP contribution in [0.4, 0.5) is 4.79 Å². The van der Waals surface area contributed by atoms with Crippen molar-refractivity contribution in [3.63, 3.8) is 0 Å². The second-order valence-electron chi connectivity index (χ2n) is 7.23. The predicted molar refractivity (Wildman–Crippen MR) is 80.2 cm³/mol. The molecule has 3 fully saturated rings. The minimum atomic E-state index is 0.113. The van der Waals surface area contributed by atoms with Gasteiger partial charge in [0, 0.05) is 45.4 Å². The van der Waals surface area contributed by atoms with Crippen molar-refractivity contribution in [2.45, 2.75) is 38.5 Å². The lowest BCUT2D eigenvalue weighted by Gasteiger charge is -2.42. The second-order valence-corrected chi connectivity index (χ2v) is 7.23. The molecule has 0 aromatic heterocycles. The lowest BCUT2D eigenvalue weighted by molar-refractivity contribution is 0.0695. The number of ether oxygens (including phenoxy) is 2. The van der Waals surface area contributed by atoms with Crippen LogP contribution in [0.3, 0.4) is 0 Å². The highest BCUT2D eigenvalue weighted by Crippen LogP contribution is 2.43. The summed E-state index contributed by atoms with van der Waals surface area (Å²) in [6.45, 7) is 5.02. The van der Waals surface area contributed by atoms with Crippen LogP contribution in [0.5, 0.6) is 0 Å². The molecule has 1 spiro atoms. The largest absolute Gasteiger partial charge is 0.385 e. The fourth-order valence-corrected chi connectivity index (χ4v) is 3.97. The number of nitrogens with zero attached hydrogens (tertiary/aromatic N) is 1. The summed E-state index contributed by atoms with van der Waals surface area (Å²) in [5.41, 5.74) is 0.543. The number of amides is 2. The molecule has 2 amide bonds. The predicted octanol–water partition coefficient (Wildman–Crippen LogP) is 2.02. The first-order valence-corrected chi connectivity index (χ1v) is 8.27. The van der Waals surface area contributed by atoms with Crippen LogP contribution in [0, 0.1) is 10.8 Å². The van der Waals surface area contributed by atoms with Gasteiger partial charge < -0.3 is 19.7 Å². The highest BCUT2D eigenvalue weighted by atomic mass is 16.5. The fourth-order valence-electron chi connectivity index (χ4n) is 3.97. The Hall–Kier alpha value is -0.810. The zero-order valence-corrected chi connectivity index (χ0v) is 13.2. The molecule has 0 aromatic carbocycles. The SMILES string of the molecule is COCCC1(CNC(=O)N2CCC3(CCOC3)C2)CCC1. The number of carbonyl (C=O) groups is 1. The van der Waals surface area contributed by atoms with E-state index in [1.54, 1.807) is 7.11 Å². The average Bonchev–Trinajstić information content (AvgIpc) is 3.08. The Balaban J connectivity index is 1.46. The molecular formula is C16H28N2O3. The molecule has 1 atom stereocenters. The van der Waals surface area contributed by atoms with Crippen molar-refractivity contribution in [2.24, 2.45) is 10.8 Å². The number of likely N-dealkylation sites (tertiary alicyclic amines) is 1. The summed E-state index contributed by atoms with van der Waals surface area (Å²) in [4.78, 5) is 14.4. The smallest absolute Gasteiger partial charge is 0.317 e. The topological polar surface area (TPSA) is 50.8 Å². The maximum atomic E-state index is 12.4. The summed E-state index contributed by atoms with van der Waals surface area (Å²) >= 11 is 0. The van der Waals surface area contributed by atoms with Gasteiger partial charge in [0.2, 0.25) is 0 Å². The Bertz CT molecular complexity index is 376. The lowest BCUT2D eigenvalue weighted by atomic mass is 9.67. The molecule has 5 nitrogen and oxygen atoms in total. The molecule has 3 aliphatic rings. The van der Waals surface area contributed by atoms with Gasteiger partial charge in [0.25, 0.3) is 0 Å². The zero-order valence-electron chi connectivity index (χ0n) is 13.2. The van der Waals surface area contributed by atoms with E-state index in [-0.39, 0.29) is 11.4 Å². The number of carbonyl (C=O) groups excluding carboxylic acids is 1. The van der Waals surface area contributed by atoms with Crippen molar-refractivity contribution in [3.05, 3.63) is 0 Å². The summed E-state index contributed by atoms with van der Waals surface area (Å²) in [7, 11) is 1.75. The number of hydrogen-bond acceptors (Lipinski definition) is 3. The minimum Gasteiger partial charge on any atom is -0.385 e. The van der Waals surface area contributed by atoms with Gasteiger partial charge in [0.1, 0.15) is 0 Å². The monoisotopic (exact) mass is 296 g/mol. The Labute approximate surface area is 127 Å². The van der Waals surface area contributed by atoms with E-state index in [1.165, 1.54) is 19.3 Å². The van der Waals surface area contributed by atoms with E-state index in [0.717, 1.165) is 58.7 Å². The first kappa shape index (κ1) is 15.1. The van der Waals surface area contributed by atoms with Crippen molar-refractivity contribution >= 4 is 6.03 Å². The maximum absolute atomic E-state index is 12.4. The standard InChI is InChI=1S/C16H28N2O3/c1-20-9-6-15(3-2-4-15)11-17-14(19)18-8-5-16(12-18)7-10-21-13-16/h2-13H2,1H3,(H,17,19). The van der Waals surface area contributed by atoms with Crippen LogP contribution in [0.1, 0.15) is 38.5 Å². The van der Waals surface area contributed by atoms with E-state index in [9.17, 15) is 4.79 Å². The van der Waals surface area contributed by atoms with Gasteiger partial charge in [-0.3, -0.25) is 0 Å². The van der Waals surface area contributed by atoms with Crippen LogP contribution in [-0.2, 0) is 9.47 Å². The molecule has 0 bridgehead atoms. The van der Waals surface area contributed by atoms with E-state index < -0.39 is 0 Å². The lowest BCUT2D eigenvalue weighted by Crippen LogP contribution is -2.47. The number of hydrogen-bond donors (Lipinski definition) is 1. The molecule has 0 aromatic rings. The molecule has 5 heteroatoms. The van der Waals surface area contributed by atoms with Gasteiger partial charge in [0.05, 0.1) is 6.61 Å². The summed E-state index contributed by atoms with van der Waals surface area (Å²) in [6.07, 6.45) is 6.97. The molecule has 0 radical (unpaired) electrons. The van der Waals surface area contributed by atoms with Gasteiger partial charge in [-0.2, -0.15) is 0 Å². The number of nitrogens with one attached hydrogen (secondary N) is 1. The summed E-state index contributed by atoms with van der Waals surface area (Å²) in [5, 5.41) is 3.17. The van der Waals surface area contributed by atoms with Gasteiger partial charge in [-0.25, -0.2) is 4.79 Å². The minimum absolute atomic E-state index is 0.113. The molecule has 2 aliphatic heterocycles. The van der Waals surface area contributed by atoms with Crippen molar-refractivity contribution in [1.82, 2.24) is 10.2 Å². The summed E-state index contributed by atoms with van der Waals surface area (Å²) in [6, 6.07) is 0.113. The highest BCUT2D eigenvalue weighted by molar-refractivity contribution is 5.74. The normalized spacial score (nSPS) is 30.6. The van der Waals surface area contributed by atoms with Crippen molar-refractivity contribution in [2.75, 3.05) is 46.6 Å². The van der Waals surface area contributed by atoms with E-state index in [1.807, 2.05) is 4.90 Å². The van der Waals surface area contributed by atoms with Crippen molar-refractivity contribution in [3.8, 4) is 0 Å². The molecule has 1 N–H and O–H groups in total. The molecule has 2 saturated heterocycles. The summed E-state index contributed by atoms with van der Waals surface area (Å²) in [5.74, 6) is 0. The molecule has 1 saturated carbocycles. The zero-order chi connectivity index (χ0) is 14.8. The number of urea groups is 1. The summed E-state index contributed by atoms with van der Waals surface area (Å²) < 4.78 is 10.7. The van der Waals surface area contributed by atoms with Crippen molar-refractivity contribution in [1.29, 1.82) is 0 Å². The Kier molecular flexibility index (Phi) is 4.41. The van der Waals surface area contributed by atoms with Crippen LogP contribution in [0.25, 0.3) is 0 Å². The molecule has 3 rings (SSSR count). The third-order valence-corrected chi connectivity index (χ3v) is 5.78. The van der Waals surface area contributed by atoms with Crippen LogP contribution in [0.15, 0.2) is 0 Å². The molecule has 21 heavy (non-hydrogen) atoms. The van der Waals surface area contributed by atoms with E-state index in [0.29, 0.717) is 5.41 Å². The van der Waals surface area contributed by atoms with Gasteiger partial charge in [-0.05, 0) is 37.5 Å². The quantitative estimate of drug-likeness (QED) is 0.844. The van der Waals surface area contributed by atoms with E-state index in [4.69, 9.17) is 9.47 Å². The molecule has 1 unspecified atom stereocenters. The molecule has 120 valence electrons. The Morgan fingerprint density at radius 3 is 2.81 bits per heavy atom. The Morgan fingerprint density at radius 1 is 1.33 bits per heavy atom. The third-order valence-electron chi connectivity index (χ3n) is 5.78.